The zero-order chi connectivity index (χ0) is 11.9. The molecule has 0 spiro atoms. The van der Waals surface area contributed by atoms with E-state index in [4.69, 9.17) is 11.5 Å². The quantitative estimate of drug-likeness (QED) is 0.446. The van der Waals surface area contributed by atoms with E-state index >= 15 is 0 Å². The van der Waals surface area contributed by atoms with Gasteiger partial charge >= 0.3 is 0 Å². The summed E-state index contributed by atoms with van der Waals surface area (Å²) in [4.78, 5) is 4.11. The van der Waals surface area contributed by atoms with Gasteiger partial charge < -0.3 is 11.5 Å². The molecule has 0 radical (unpaired) electrons. The lowest BCUT2D eigenvalue weighted by atomic mass is 9.48. The Balaban J connectivity index is 1.57. The molecule has 0 unspecified atom stereocenters. The molecule has 4 saturated carbocycles. The van der Waals surface area contributed by atoms with Crippen molar-refractivity contribution >= 4 is 5.96 Å². The lowest BCUT2D eigenvalue weighted by Gasteiger charge is -2.57. The molecule has 4 N–H and O–H groups in total. The van der Waals surface area contributed by atoms with Gasteiger partial charge in [0.15, 0.2) is 5.96 Å². The van der Waals surface area contributed by atoms with Gasteiger partial charge in [-0.3, -0.25) is 4.99 Å². The molecule has 0 saturated heterocycles. The zero-order valence-corrected chi connectivity index (χ0v) is 10.7. The van der Waals surface area contributed by atoms with Crippen LogP contribution in [0.5, 0.6) is 0 Å². The van der Waals surface area contributed by atoms with Gasteiger partial charge in [0.05, 0.1) is 0 Å². The van der Waals surface area contributed by atoms with Crippen molar-refractivity contribution < 1.29 is 0 Å². The summed E-state index contributed by atoms with van der Waals surface area (Å²) in [6, 6.07) is 0. The number of rotatable bonds is 4. The molecule has 3 heteroatoms. The molecule has 0 aromatic carbocycles. The summed E-state index contributed by atoms with van der Waals surface area (Å²) in [5, 5.41) is 0. The highest BCUT2D eigenvalue weighted by molar-refractivity contribution is 5.75. The maximum atomic E-state index is 5.37. The van der Waals surface area contributed by atoms with E-state index in [0.29, 0.717) is 5.41 Å². The van der Waals surface area contributed by atoms with Gasteiger partial charge in [0.25, 0.3) is 0 Å². The fraction of sp³-hybridized carbons (Fsp3) is 0.929. The minimum Gasteiger partial charge on any atom is -0.370 e. The van der Waals surface area contributed by atoms with Crippen LogP contribution in [0.15, 0.2) is 4.99 Å². The van der Waals surface area contributed by atoms with Gasteiger partial charge in [-0.15, -0.1) is 0 Å². The molecule has 0 heterocycles. The summed E-state index contributed by atoms with van der Waals surface area (Å²) >= 11 is 0. The Kier molecular flexibility index (Phi) is 2.80. The molecular weight excluding hydrogens is 210 g/mol. The minimum atomic E-state index is 0.246. The SMILES string of the molecule is NC(N)=NCCCC12CC3CC(CC(C3)C1)C2. The lowest BCUT2D eigenvalue weighted by Crippen LogP contribution is -2.46. The first-order valence-electron chi connectivity index (χ1n) is 7.21. The third-order valence-corrected chi connectivity index (χ3v) is 5.32. The van der Waals surface area contributed by atoms with Crippen LogP contribution in [0.4, 0.5) is 0 Å². The van der Waals surface area contributed by atoms with Gasteiger partial charge in [0.1, 0.15) is 0 Å². The predicted octanol–water partition coefficient (Wildman–Crippen LogP) is 2.26. The maximum Gasteiger partial charge on any atom is 0.185 e. The summed E-state index contributed by atoms with van der Waals surface area (Å²) in [5.74, 6) is 3.42. The molecular formula is C14H25N3. The Labute approximate surface area is 104 Å². The second kappa shape index (κ2) is 4.18. The summed E-state index contributed by atoms with van der Waals surface area (Å²) in [5.41, 5.74) is 11.4. The maximum absolute atomic E-state index is 5.37. The smallest absolute Gasteiger partial charge is 0.185 e. The van der Waals surface area contributed by atoms with Crippen molar-refractivity contribution in [2.45, 2.75) is 51.4 Å². The van der Waals surface area contributed by atoms with Crippen LogP contribution in [-0.2, 0) is 0 Å². The van der Waals surface area contributed by atoms with Gasteiger partial charge in [-0.05, 0) is 74.5 Å². The van der Waals surface area contributed by atoms with Crippen LogP contribution >= 0.6 is 0 Å². The van der Waals surface area contributed by atoms with Crippen LogP contribution in [0, 0.1) is 23.2 Å². The molecule has 0 amide bonds. The first-order valence-corrected chi connectivity index (χ1v) is 7.21. The molecule has 96 valence electrons. The van der Waals surface area contributed by atoms with Crippen LogP contribution in [-0.4, -0.2) is 12.5 Å². The summed E-state index contributed by atoms with van der Waals surface area (Å²) in [6.07, 6.45) is 11.6. The number of guanidine groups is 1. The Bertz CT molecular complexity index is 282. The molecule has 0 aromatic rings. The van der Waals surface area contributed by atoms with E-state index < -0.39 is 0 Å². The van der Waals surface area contributed by atoms with E-state index in [1.54, 1.807) is 0 Å². The highest BCUT2D eigenvalue weighted by atomic mass is 15.0. The minimum absolute atomic E-state index is 0.246. The van der Waals surface area contributed by atoms with Crippen molar-refractivity contribution in [2.75, 3.05) is 6.54 Å². The Morgan fingerprint density at radius 2 is 1.53 bits per heavy atom. The number of nitrogens with zero attached hydrogens (tertiary/aromatic N) is 1. The van der Waals surface area contributed by atoms with Crippen molar-refractivity contribution in [1.82, 2.24) is 0 Å². The Morgan fingerprint density at radius 1 is 1.00 bits per heavy atom. The Hall–Kier alpha value is -0.730. The van der Waals surface area contributed by atoms with Gasteiger partial charge in [0.2, 0.25) is 0 Å². The molecule has 4 aliphatic carbocycles. The molecule has 0 aliphatic heterocycles. The third kappa shape index (κ3) is 2.29. The monoisotopic (exact) mass is 235 g/mol. The average molecular weight is 235 g/mol. The van der Waals surface area contributed by atoms with Gasteiger partial charge in [-0.2, -0.15) is 0 Å². The van der Waals surface area contributed by atoms with E-state index in [1.807, 2.05) is 0 Å². The van der Waals surface area contributed by atoms with Crippen LogP contribution in [0.25, 0.3) is 0 Å². The summed E-state index contributed by atoms with van der Waals surface area (Å²) < 4.78 is 0. The van der Waals surface area contributed by atoms with Crippen LogP contribution in [0.3, 0.4) is 0 Å². The molecule has 0 aromatic heterocycles. The summed E-state index contributed by atoms with van der Waals surface area (Å²) in [7, 11) is 0. The van der Waals surface area contributed by atoms with Gasteiger partial charge in [0, 0.05) is 6.54 Å². The van der Waals surface area contributed by atoms with E-state index in [0.717, 1.165) is 24.3 Å². The fourth-order valence-electron chi connectivity index (χ4n) is 5.26. The molecule has 4 fully saturated rings. The van der Waals surface area contributed by atoms with Crippen molar-refractivity contribution in [2.24, 2.45) is 39.6 Å². The number of hydrogen-bond acceptors (Lipinski definition) is 1. The van der Waals surface area contributed by atoms with E-state index in [1.165, 1.54) is 51.4 Å². The number of hydrogen-bond donors (Lipinski definition) is 2. The molecule has 4 bridgehead atoms. The van der Waals surface area contributed by atoms with Crippen LogP contribution in [0.2, 0.25) is 0 Å². The number of aliphatic imine (C=N–C) groups is 1. The van der Waals surface area contributed by atoms with Gasteiger partial charge in [-0.1, -0.05) is 0 Å². The zero-order valence-electron chi connectivity index (χ0n) is 10.7. The predicted molar refractivity (Wildman–Crippen MR) is 70.5 cm³/mol. The highest BCUT2D eigenvalue weighted by Gasteiger charge is 2.50. The fourth-order valence-corrected chi connectivity index (χ4v) is 5.26. The summed E-state index contributed by atoms with van der Waals surface area (Å²) in [6.45, 7) is 0.823. The van der Waals surface area contributed by atoms with Crippen molar-refractivity contribution in [3.8, 4) is 0 Å². The van der Waals surface area contributed by atoms with E-state index in [9.17, 15) is 0 Å². The topological polar surface area (TPSA) is 64.4 Å². The highest BCUT2D eigenvalue weighted by Crippen LogP contribution is 2.61. The second-order valence-corrected chi connectivity index (χ2v) is 6.83. The first kappa shape index (κ1) is 11.4. The second-order valence-electron chi connectivity index (χ2n) is 6.83. The van der Waals surface area contributed by atoms with E-state index in [-0.39, 0.29) is 5.96 Å². The molecule has 3 nitrogen and oxygen atoms in total. The van der Waals surface area contributed by atoms with Crippen LogP contribution < -0.4 is 11.5 Å². The van der Waals surface area contributed by atoms with Crippen molar-refractivity contribution in [3.05, 3.63) is 0 Å². The van der Waals surface area contributed by atoms with Gasteiger partial charge in [-0.25, -0.2) is 0 Å². The first-order chi connectivity index (χ1) is 8.15. The van der Waals surface area contributed by atoms with Crippen LogP contribution in [0.1, 0.15) is 51.4 Å². The third-order valence-electron chi connectivity index (χ3n) is 5.32. The van der Waals surface area contributed by atoms with Crippen molar-refractivity contribution in [1.29, 1.82) is 0 Å². The molecule has 17 heavy (non-hydrogen) atoms. The standard InChI is InChI=1S/C14H25N3/c15-13(16)17-3-1-2-14-7-10-4-11(8-14)6-12(5-10)9-14/h10-12H,1-9H2,(H4,15,16,17). The molecule has 4 aliphatic rings. The molecule has 0 atom stereocenters. The number of nitrogens with two attached hydrogens (primary N) is 2. The normalized spacial score (nSPS) is 42.7. The van der Waals surface area contributed by atoms with Crippen molar-refractivity contribution in [3.63, 3.8) is 0 Å². The van der Waals surface area contributed by atoms with E-state index in [2.05, 4.69) is 4.99 Å². The largest absolute Gasteiger partial charge is 0.370 e. The molecule has 4 rings (SSSR count). The Morgan fingerprint density at radius 3 is 2.00 bits per heavy atom. The lowest BCUT2D eigenvalue weighted by molar-refractivity contribution is -0.0577. The average Bonchev–Trinajstić information content (AvgIpc) is 2.22.